The van der Waals surface area contributed by atoms with E-state index in [2.05, 4.69) is 12.2 Å². The largest absolute Gasteiger partial charge is 0.497 e. The molecular formula is C21H26N2O5S. The smallest absolute Gasteiger partial charge is 0.255 e. The number of hydrogen-bond acceptors (Lipinski definition) is 5. The standard InChI is InChI=1S/C21H26N2O5S/c1-15-9-11-23(12-10-15)29(25,26)18-6-4-5-16(13-18)21(24)22-19-8-7-17(27-2)14-20(19)28-3/h4-8,13-15H,9-12H2,1-3H3,(H,22,24). The molecule has 0 spiro atoms. The number of methoxy groups -OCH3 is 2. The number of nitrogens with one attached hydrogen (secondary N) is 1. The van der Waals surface area contributed by atoms with Gasteiger partial charge in [-0.2, -0.15) is 4.31 Å². The van der Waals surface area contributed by atoms with Crippen LogP contribution in [-0.2, 0) is 10.0 Å². The molecule has 0 radical (unpaired) electrons. The van der Waals surface area contributed by atoms with E-state index in [1.54, 1.807) is 37.4 Å². The van der Waals surface area contributed by atoms with E-state index in [4.69, 9.17) is 9.47 Å². The second-order valence-electron chi connectivity index (χ2n) is 7.13. The molecule has 0 aliphatic carbocycles. The number of nitrogens with zero attached hydrogens (tertiary/aromatic N) is 1. The Labute approximate surface area is 171 Å². The Morgan fingerprint density at radius 1 is 1.07 bits per heavy atom. The fourth-order valence-electron chi connectivity index (χ4n) is 3.27. The Hall–Kier alpha value is -2.58. The third-order valence-corrected chi connectivity index (χ3v) is 7.03. The second-order valence-corrected chi connectivity index (χ2v) is 9.07. The molecule has 0 bridgehead atoms. The number of benzene rings is 2. The highest BCUT2D eigenvalue weighted by Gasteiger charge is 2.28. The zero-order valence-electron chi connectivity index (χ0n) is 16.8. The normalized spacial score (nSPS) is 15.7. The van der Waals surface area contributed by atoms with E-state index in [-0.39, 0.29) is 10.5 Å². The minimum atomic E-state index is -3.62. The van der Waals surface area contributed by atoms with Crippen LogP contribution in [0.25, 0.3) is 0 Å². The molecule has 1 heterocycles. The number of piperidine rings is 1. The first-order valence-corrected chi connectivity index (χ1v) is 10.9. The Bertz CT molecular complexity index is 982. The van der Waals surface area contributed by atoms with Crippen molar-refractivity contribution >= 4 is 21.6 Å². The van der Waals surface area contributed by atoms with Gasteiger partial charge in [-0.15, -0.1) is 0 Å². The molecule has 2 aromatic carbocycles. The van der Waals surface area contributed by atoms with Gasteiger partial charge in [-0.05, 0) is 49.1 Å². The van der Waals surface area contributed by atoms with Crippen LogP contribution < -0.4 is 14.8 Å². The van der Waals surface area contributed by atoms with Gasteiger partial charge in [-0.1, -0.05) is 13.0 Å². The second kappa shape index (κ2) is 8.84. The molecule has 1 amide bonds. The molecule has 29 heavy (non-hydrogen) atoms. The Morgan fingerprint density at radius 3 is 2.45 bits per heavy atom. The highest BCUT2D eigenvalue weighted by atomic mass is 32.2. The van der Waals surface area contributed by atoms with E-state index in [1.807, 2.05) is 0 Å². The van der Waals surface area contributed by atoms with Gasteiger partial charge in [0.25, 0.3) is 5.91 Å². The van der Waals surface area contributed by atoms with Crippen LogP contribution in [0.1, 0.15) is 30.1 Å². The van der Waals surface area contributed by atoms with Crippen molar-refractivity contribution in [2.75, 3.05) is 32.6 Å². The third-order valence-electron chi connectivity index (χ3n) is 5.13. The number of amides is 1. The quantitative estimate of drug-likeness (QED) is 0.777. The number of sulfonamides is 1. The minimum Gasteiger partial charge on any atom is -0.497 e. The van der Waals surface area contributed by atoms with Crippen molar-refractivity contribution in [3.8, 4) is 11.5 Å². The SMILES string of the molecule is COc1ccc(NC(=O)c2cccc(S(=O)(=O)N3CCC(C)CC3)c2)c(OC)c1. The van der Waals surface area contributed by atoms with Crippen molar-refractivity contribution in [1.82, 2.24) is 4.31 Å². The van der Waals surface area contributed by atoms with Crippen LogP contribution >= 0.6 is 0 Å². The van der Waals surface area contributed by atoms with Crippen LogP contribution in [0.15, 0.2) is 47.4 Å². The van der Waals surface area contributed by atoms with Gasteiger partial charge in [0.15, 0.2) is 0 Å². The summed E-state index contributed by atoms with van der Waals surface area (Å²) in [5, 5.41) is 2.77. The maximum Gasteiger partial charge on any atom is 0.255 e. The van der Waals surface area contributed by atoms with Crippen molar-refractivity contribution < 1.29 is 22.7 Å². The molecule has 156 valence electrons. The molecule has 8 heteroatoms. The number of rotatable bonds is 6. The lowest BCUT2D eigenvalue weighted by Gasteiger charge is -2.29. The van der Waals surface area contributed by atoms with Crippen molar-refractivity contribution in [3.05, 3.63) is 48.0 Å². The van der Waals surface area contributed by atoms with Crippen molar-refractivity contribution in [2.45, 2.75) is 24.7 Å². The summed E-state index contributed by atoms with van der Waals surface area (Å²) in [7, 11) is -0.583. The topological polar surface area (TPSA) is 84.9 Å². The van der Waals surface area contributed by atoms with Crippen LogP contribution in [0.5, 0.6) is 11.5 Å². The summed E-state index contributed by atoms with van der Waals surface area (Å²) < 4.78 is 37.9. The van der Waals surface area contributed by atoms with Gasteiger partial charge in [0.05, 0.1) is 24.8 Å². The number of carbonyl (C=O) groups is 1. The molecular weight excluding hydrogens is 392 g/mol. The molecule has 0 unspecified atom stereocenters. The first-order valence-electron chi connectivity index (χ1n) is 9.48. The monoisotopic (exact) mass is 418 g/mol. The summed E-state index contributed by atoms with van der Waals surface area (Å²) >= 11 is 0. The number of carbonyl (C=O) groups excluding carboxylic acids is 1. The highest BCUT2D eigenvalue weighted by molar-refractivity contribution is 7.89. The average molecular weight is 419 g/mol. The Morgan fingerprint density at radius 2 is 1.79 bits per heavy atom. The Kier molecular flexibility index (Phi) is 6.44. The molecule has 1 N–H and O–H groups in total. The zero-order valence-corrected chi connectivity index (χ0v) is 17.7. The molecule has 3 rings (SSSR count). The summed E-state index contributed by atoms with van der Waals surface area (Å²) in [4.78, 5) is 12.9. The molecule has 0 aromatic heterocycles. The van der Waals surface area contributed by atoms with Gasteiger partial charge in [-0.25, -0.2) is 8.42 Å². The lowest BCUT2D eigenvalue weighted by Crippen LogP contribution is -2.37. The van der Waals surface area contributed by atoms with Crippen LogP contribution in [-0.4, -0.2) is 45.9 Å². The summed E-state index contributed by atoms with van der Waals surface area (Å²) in [6.07, 6.45) is 1.69. The number of hydrogen-bond donors (Lipinski definition) is 1. The maximum atomic E-state index is 13.0. The lowest BCUT2D eigenvalue weighted by atomic mass is 10.0. The van der Waals surface area contributed by atoms with Gasteiger partial charge in [0.1, 0.15) is 11.5 Å². The van der Waals surface area contributed by atoms with Crippen molar-refractivity contribution in [1.29, 1.82) is 0 Å². The molecule has 1 aliphatic rings. The van der Waals surface area contributed by atoms with E-state index in [9.17, 15) is 13.2 Å². The fraction of sp³-hybridized carbons (Fsp3) is 0.381. The van der Waals surface area contributed by atoms with Crippen molar-refractivity contribution in [2.24, 2.45) is 5.92 Å². The third kappa shape index (κ3) is 4.71. The maximum absolute atomic E-state index is 13.0. The van der Waals surface area contributed by atoms with Crippen molar-refractivity contribution in [3.63, 3.8) is 0 Å². The van der Waals surface area contributed by atoms with Gasteiger partial charge in [0, 0.05) is 24.7 Å². The van der Waals surface area contributed by atoms with Crippen LogP contribution in [0.3, 0.4) is 0 Å². The molecule has 1 saturated heterocycles. The first-order chi connectivity index (χ1) is 13.8. The minimum absolute atomic E-state index is 0.126. The summed E-state index contributed by atoms with van der Waals surface area (Å²) in [5.41, 5.74) is 0.728. The van der Waals surface area contributed by atoms with Gasteiger partial charge >= 0.3 is 0 Å². The van der Waals surface area contributed by atoms with Crippen LogP contribution in [0.2, 0.25) is 0 Å². The Balaban J connectivity index is 1.81. The first kappa shape index (κ1) is 21.1. The van der Waals surface area contributed by atoms with E-state index in [1.165, 1.54) is 23.5 Å². The molecule has 0 saturated carbocycles. The zero-order chi connectivity index (χ0) is 21.0. The molecule has 1 aliphatic heterocycles. The van der Waals surface area contributed by atoms with E-state index < -0.39 is 15.9 Å². The number of ether oxygens (including phenoxy) is 2. The van der Waals surface area contributed by atoms with Crippen LogP contribution in [0, 0.1) is 5.92 Å². The molecule has 0 atom stereocenters. The summed E-state index contributed by atoms with van der Waals surface area (Å²) in [6, 6.07) is 11.1. The molecule has 7 nitrogen and oxygen atoms in total. The highest BCUT2D eigenvalue weighted by Crippen LogP contribution is 2.30. The van der Waals surface area contributed by atoms with Gasteiger partial charge < -0.3 is 14.8 Å². The van der Waals surface area contributed by atoms with E-state index in [0.717, 1.165) is 12.8 Å². The number of anilines is 1. The summed E-state index contributed by atoms with van der Waals surface area (Å²) in [5.74, 6) is 1.16. The van der Waals surface area contributed by atoms with Gasteiger partial charge in [0.2, 0.25) is 10.0 Å². The van der Waals surface area contributed by atoms with E-state index in [0.29, 0.717) is 36.2 Å². The molecule has 1 fully saturated rings. The lowest BCUT2D eigenvalue weighted by molar-refractivity contribution is 0.102. The fourth-order valence-corrected chi connectivity index (χ4v) is 4.78. The average Bonchev–Trinajstić information content (AvgIpc) is 2.74. The van der Waals surface area contributed by atoms with Gasteiger partial charge in [-0.3, -0.25) is 4.79 Å². The van der Waals surface area contributed by atoms with Crippen LogP contribution in [0.4, 0.5) is 5.69 Å². The predicted octanol–water partition coefficient (Wildman–Crippen LogP) is 3.38. The predicted molar refractivity (Wildman–Crippen MR) is 111 cm³/mol. The molecule has 2 aromatic rings. The van der Waals surface area contributed by atoms with E-state index >= 15 is 0 Å². The summed E-state index contributed by atoms with van der Waals surface area (Å²) in [6.45, 7) is 3.13.